The average Bonchev–Trinajstić information content (AvgIpc) is 3.10. The minimum Gasteiger partial charge on any atom is -0.322 e. The van der Waals surface area contributed by atoms with Crippen LogP contribution >= 0.6 is 0 Å². The van der Waals surface area contributed by atoms with Crippen molar-refractivity contribution < 1.29 is 9.00 Å². The SMILES string of the molecule is C[S@@](=O)c1ccc(C(=O)Nc2ccc(-n3cccn3)cc2)cc1. The van der Waals surface area contributed by atoms with E-state index in [0.717, 1.165) is 5.69 Å². The van der Waals surface area contributed by atoms with Gasteiger partial charge in [0, 0.05) is 45.6 Å². The number of rotatable bonds is 4. The van der Waals surface area contributed by atoms with Gasteiger partial charge in [-0.05, 0) is 54.6 Å². The van der Waals surface area contributed by atoms with Crippen molar-refractivity contribution in [2.75, 3.05) is 11.6 Å². The summed E-state index contributed by atoms with van der Waals surface area (Å²) in [5.74, 6) is -0.203. The van der Waals surface area contributed by atoms with Crippen LogP contribution in [0.1, 0.15) is 10.4 Å². The molecule has 1 N–H and O–H groups in total. The van der Waals surface area contributed by atoms with Gasteiger partial charge in [0.2, 0.25) is 0 Å². The van der Waals surface area contributed by atoms with Crippen molar-refractivity contribution in [3.05, 3.63) is 72.6 Å². The van der Waals surface area contributed by atoms with Gasteiger partial charge in [-0.3, -0.25) is 9.00 Å². The highest BCUT2D eigenvalue weighted by atomic mass is 32.2. The Labute approximate surface area is 136 Å². The largest absolute Gasteiger partial charge is 0.322 e. The second kappa shape index (κ2) is 6.58. The molecule has 6 heteroatoms. The Balaban J connectivity index is 1.71. The standard InChI is InChI=1S/C17H15N3O2S/c1-23(22)16-9-3-13(4-10-16)17(21)19-14-5-7-15(8-6-14)20-12-2-11-18-20/h2-12H,1H3,(H,19,21)/t23-/m1/s1. The maximum Gasteiger partial charge on any atom is 0.255 e. The number of nitrogens with one attached hydrogen (secondary N) is 1. The maximum absolute atomic E-state index is 12.2. The molecule has 116 valence electrons. The predicted molar refractivity (Wildman–Crippen MR) is 90.3 cm³/mol. The molecule has 1 atom stereocenters. The summed E-state index contributed by atoms with van der Waals surface area (Å²) in [5.41, 5.74) is 2.15. The maximum atomic E-state index is 12.2. The monoisotopic (exact) mass is 325 g/mol. The lowest BCUT2D eigenvalue weighted by Gasteiger charge is -2.07. The van der Waals surface area contributed by atoms with E-state index in [-0.39, 0.29) is 5.91 Å². The molecule has 0 fully saturated rings. The van der Waals surface area contributed by atoms with Crippen molar-refractivity contribution in [3.8, 4) is 5.69 Å². The summed E-state index contributed by atoms with van der Waals surface area (Å²) >= 11 is 0. The number of nitrogens with zero attached hydrogens (tertiary/aromatic N) is 2. The van der Waals surface area contributed by atoms with Crippen molar-refractivity contribution in [1.82, 2.24) is 9.78 Å². The van der Waals surface area contributed by atoms with Crippen LogP contribution in [0.25, 0.3) is 5.69 Å². The molecule has 3 aromatic rings. The van der Waals surface area contributed by atoms with Crippen LogP contribution in [0.4, 0.5) is 5.69 Å². The van der Waals surface area contributed by atoms with Crippen LogP contribution in [-0.2, 0) is 10.8 Å². The molecule has 0 saturated heterocycles. The van der Waals surface area contributed by atoms with Crippen molar-refractivity contribution in [2.24, 2.45) is 0 Å². The molecular weight excluding hydrogens is 310 g/mol. The quantitative estimate of drug-likeness (QED) is 0.802. The molecule has 0 radical (unpaired) electrons. The summed E-state index contributed by atoms with van der Waals surface area (Å²) in [6, 6.07) is 16.0. The zero-order valence-corrected chi connectivity index (χ0v) is 13.3. The molecule has 0 bridgehead atoms. The molecule has 5 nitrogen and oxygen atoms in total. The molecule has 0 spiro atoms. The van der Waals surface area contributed by atoms with Crippen LogP contribution in [0.3, 0.4) is 0 Å². The molecule has 0 aliphatic rings. The second-order valence-corrected chi connectivity index (χ2v) is 6.31. The van der Waals surface area contributed by atoms with E-state index in [1.165, 1.54) is 0 Å². The Kier molecular flexibility index (Phi) is 4.34. The van der Waals surface area contributed by atoms with Crippen molar-refractivity contribution in [1.29, 1.82) is 0 Å². The molecule has 0 saturated carbocycles. The van der Waals surface area contributed by atoms with E-state index in [1.54, 1.807) is 41.4 Å². The third-order valence-electron chi connectivity index (χ3n) is 3.34. The molecule has 1 heterocycles. The number of carbonyl (C=O) groups is 1. The first kappa shape index (κ1) is 15.2. The summed E-state index contributed by atoms with van der Waals surface area (Å²) in [5, 5.41) is 6.99. The van der Waals surface area contributed by atoms with Gasteiger partial charge < -0.3 is 5.32 Å². The first-order chi connectivity index (χ1) is 11.1. The van der Waals surface area contributed by atoms with E-state index in [1.807, 2.05) is 36.5 Å². The van der Waals surface area contributed by atoms with Gasteiger partial charge in [0.25, 0.3) is 5.91 Å². The third-order valence-corrected chi connectivity index (χ3v) is 4.28. The van der Waals surface area contributed by atoms with Crippen LogP contribution in [0.15, 0.2) is 71.9 Å². The van der Waals surface area contributed by atoms with Gasteiger partial charge in [0.05, 0.1) is 5.69 Å². The van der Waals surface area contributed by atoms with E-state index in [4.69, 9.17) is 0 Å². The number of aromatic nitrogens is 2. The lowest BCUT2D eigenvalue weighted by Crippen LogP contribution is -2.11. The Morgan fingerprint density at radius 2 is 1.78 bits per heavy atom. The Hall–Kier alpha value is -2.73. The molecule has 3 rings (SSSR count). The van der Waals surface area contributed by atoms with Crippen LogP contribution in [0.5, 0.6) is 0 Å². The first-order valence-electron chi connectivity index (χ1n) is 6.98. The summed E-state index contributed by atoms with van der Waals surface area (Å²) in [6.45, 7) is 0. The topological polar surface area (TPSA) is 64.0 Å². The number of anilines is 1. The van der Waals surface area contributed by atoms with E-state index in [2.05, 4.69) is 10.4 Å². The van der Waals surface area contributed by atoms with E-state index in [0.29, 0.717) is 16.1 Å². The molecular formula is C17H15N3O2S. The minimum atomic E-state index is -1.05. The number of hydrogen-bond acceptors (Lipinski definition) is 3. The van der Waals surface area contributed by atoms with Gasteiger partial charge in [-0.25, -0.2) is 4.68 Å². The zero-order chi connectivity index (χ0) is 16.2. The number of benzene rings is 2. The van der Waals surface area contributed by atoms with Crippen LogP contribution < -0.4 is 5.32 Å². The third kappa shape index (κ3) is 3.54. The van der Waals surface area contributed by atoms with E-state index < -0.39 is 10.8 Å². The summed E-state index contributed by atoms with van der Waals surface area (Å²) in [6.07, 6.45) is 5.17. The normalized spacial score (nSPS) is 11.9. The number of carbonyl (C=O) groups excluding carboxylic acids is 1. The van der Waals surface area contributed by atoms with Crippen molar-refractivity contribution >= 4 is 22.4 Å². The lowest BCUT2D eigenvalue weighted by atomic mass is 10.2. The fraction of sp³-hybridized carbons (Fsp3) is 0.0588. The highest BCUT2D eigenvalue weighted by molar-refractivity contribution is 7.84. The second-order valence-electron chi connectivity index (χ2n) is 4.93. The highest BCUT2D eigenvalue weighted by Crippen LogP contribution is 2.14. The molecule has 1 amide bonds. The fourth-order valence-electron chi connectivity index (χ4n) is 2.12. The number of amides is 1. The van der Waals surface area contributed by atoms with Crippen molar-refractivity contribution in [3.63, 3.8) is 0 Å². The van der Waals surface area contributed by atoms with Crippen LogP contribution in [0.2, 0.25) is 0 Å². The van der Waals surface area contributed by atoms with Gasteiger partial charge in [-0.2, -0.15) is 5.10 Å². The molecule has 2 aromatic carbocycles. The Bertz CT molecular complexity index is 825. The molecule has 23 heavy (non-hydrogen) atoms. The molecule has 0 aliphatic heterocycles. The molecule has 0 unspecified atom stereocenters. The van der Waals surface area contributed by atoms with E-state index in [9.17, 15) is 9.00 Å². The number of hydrogen-bond donors (Lipinski definition) is 1. The highest BCUT2D eigenvalue weighted by Gasteiger charge is 2.07. The molecule has 1 aromatic heterocycles. The zero-order valence-electron chi connectivity index (χ0n) is 12.5. The van der Waals surface area contributed by atoms with E-state index >= 15 is 0 Å². The Morgan fingerprint density at radius 1 is 1.09 bits per heavy atom. The fourth-order valence-corrected chi connectivity index (χ4v) is 2.64. The van der Waals surface area contributed by atoms with Crippen molar-refractivity contribution in [2.45, 2.75) is 4.90 Å². The average molecular weight is 325 g/mol. The summed E-state index contributed by atoms with van der Waals surface area (Å²) in [7, 11) is -1.05. The minimum absolute atomic E-state index is 0.203. The van der Waals surface area contributed by atoms with Gasteiger partial charge >= 0.3 is 0 Å². The van der Waals surface area contributed by atoms with Crippen LogP contribution in [0, 0.1) is 0 Å². The first-order valence-corrected chi connectivity index (χ1v) is 8.54. The van der Waals surface area contributed by atoms with Gasteiger partial charge in [0.1, 0.15) is 0 Å². The molecule has 0 aliphatic carbocycles. The van der Waals surface area contributed by atoms with Gasteiger partial charge in [-0.1, -0.05) is 0 Å². The van der Waals surface area contributed by atoms with Gasteiger partial charge in [-0.15, -0.1) is 0 Å². The predicted octanol–water partition coefficient (Wildman–Crippen LogP) is 2.86. The lowest BCUT2D eigenvalue weighted by molar-refractivity contribution is 0.102. The smallest absolute Gasteiger partial charge is 0.255 e. The van der Waals surface area contributed by atoms with Crippen LogP contribution in [-0.4, -0.2) is 26.2 Å². The Morgan fingerprint density at radius 3 is 2.35 bits per heavy atom. The summed E-state index contributed by atoms with van der Waals surface area (Å²) in [4.78, 5) is 12.9. The summed E-state index contributed by atoms with van der Waals surface area (Å²) < 4.78 is 13.1. The van der Waals surface area contributed by atoms with Gasteiger partial charge in [0.15, 0.2) is 0 Å².